The fourth-order valence-corrected chi connectivity index (χ4v) is 2.99. The topological polar surface area (TPSA) is 20.3 Å². The van der Waals surface area contributed by atoms with Crippen molar-refractivity contribution in [1.82, 2.24) is 4.90 Å². The molecule has 100 valence electrons. The molecule has 1 aliphatic rings. The standard InChI is InChI=1S/C16H18BrNO/c1-3-7-18(8-4-2)16(19)14-9-12-5-6-15(17)11-13(12)10-14/h3-6,11,14H,1-2,7-10H2. The van der Waals surface area contributed by atoms with Crippen molar-refractivity contribution in [1.29, 1.82) is 0 Å². The van der Waals surface area contributed by atoms with E-state index in [9.17, 15) is 4.79 Å². The second kappa shape index (κ2) is 6.20. The van der Waals surface area contributed by atoms with Gasteiger partial charge in [-0.05, 0) is 36.1 Å². The maximum atomic E-state index is 12.5. The minimum atomic E-state index is 0.0594. The molecule has 0 saturated heterocycles. The number of benzene rings is 1. The number of nitrogens with zero attached hydrogens (tertiary/aromatic N) is 1. The van der Waals surface area contributed by atoms with Crippen LogP contribution in [0.25, 0.3) is 0 Å². The van der Waals surface area contributed by atoms with Crippen LogP contribution in [0.15, 0.2) is 48.0 Å². The van der Waals surface area contributed by atoms with Gasteiger partial charge in [0.05, 0.1) is 0 Å². The molecular weight excluding hydrogens is 302 g/mol. The van der Waals surface area contributed by atoms with Gasteiger partial charge < -0.3 is 4.90 Å². The number of carbonyl (C=O) groups excluding carboxylic acids is 1. The van der Waals surface area contributed by atoms with E-state index >= 15 is 0 Å². The summed E-state index contributed by atoms with van der Waals surface area (Å²) in [6.07, 6.45) is 5.20. The third-order valence-electron chi connectivity index (χ3n) is 3.46. The molecule has 19 heavy (non-hydrogen) atoms. The van der Waals surface area contributed by atoms with E-state index in [1.165, 1.54) is 11.1 Å². The van der Waals surface area contributed by atoms with E-state index in [1.807, 2.05) is 11.0 Å². The molecule has 1 aromatic carbocycles. The molecule has 1 aromatic rings. The Balaban J connectivity index is 2.10. The lowest BCUT2D eigenvalue weighted by Gasteiger charge is -2.22. The molecule has 0 spiro atoms. The SMILES string of the molecule is C=CCN(CC=C)C(=O)C1Cc2ccc(Br)cc2C1. The molecule has 1 atom stereocenters. The fraction of sp³-hybridized carbons (Fsp3) is 0.312. The molecule has 0 bridgehead atoms. The highest BCUT2D eigenvalue weighted by atomic mass is 79.9. The van der Waals surface area contributed by atoms with Crippen molar-refractivity contribution in [2.75, 3.05) is 13.1 Å². The molecule has 1 unspecified atom stereocenters. The van der Waals surface area contributed by atoms with Gasteiger partial charge in [-0.3, -0.25) is 4.79 Å². The highest BCUT2D eigenvalue weighted by molar-refractivity contribution is 9.10. The lowest BCUT2D eigenvalue weighted by molar-refractivity contribution is -0.134. The molecule has 1 aliphatic carbocycles. The number of fused-ring (bicyclic) bond motifs is 1. The van der Waals surface area contributed by atoms with Crippen molar-refractivity contribution in [3.8, 4) is 0 Å². The molecule has 3 heteroatoms. The highest BCUT2D eigenvalue weighted by Crippen LogP contribution is 2.30. The van der Waals surface area contributed by atoms with Crippen LogP contribution in [0, 0.1) is 5.92 Å². The van der Waals surface area contributed by atoms with Crippen molar-refractivity contribution in [2.24, 2.45) is 5.92 Å². The first-order valence-electron chi connectivity index (χ1n) is 6.43. The fourth-order valence-electron chi connectivity index (χ4n) is 2.59. The Bertz CT molecular complexity index is 499. The maximum absolute atomic E-state index is 12.5. The van der Waals surface area contributed by atoms with E-state index in [-0.39, 0.29) is 11.8 Å². The predicted molar refractivity (Wildman–Crippen MR) is 82.0 cm³/mol. The molecule has 2 nitrogen and oxygen atoms in total. The molecule has 1 amide bonds. The van der Waals surface area contributed by atoms with Crippen molar-refractivity contribution in [2.45, 2.75) is 12.8 Å². The zero-order valence-corrected chi connectivity index (χ0v) is 12.5. The van der Waals surface area contributed by atoms with Crippen LogP contribution in [0.1, 0.15) is 11.1 Å². The third-order valence-corrected chi connectivity index (χ3v) is 3.95. The van der Waals surface area contributed by atoms with Crippen LogP contribution >= 0.6 is 15.9 Å². The van der Waals surface area contributed by atoms with Gasteiger partial charge in [-0.25, -0.2) is 0 Å². The molecule has 0 aromatic heterocycles. The first kappa shape index (κ1) is 14.1. The Kier molecular flexibility index (Phi) is 4.59. The smallest absolute Gasteiger partial charge is 0.226 e. The molecule has 0 N–H and O–H groups in total. The normalized spacial score (nSPS) is 16.8. The van der Waals surface area contributed by atoms with Gasteiger partial charge >= 0.3 is 0 Å². The summed E-state index contributed by atoms with van der Waals surface area (Å²) in [4.78, 5) is 14.3. The monoisotopic (exact) mass is 319 g/mol. The van der Waals surface area contributed by atoms with Crippen LogP contribution in [0.3, 0.4) is 0 Å². The number of hydrogen-bond donors (Lipinski definition) is 0. The highest BCUT2D eigenvalue weighted by Gasteiger charge is 2.29. The zero-order valence-electron chi connectivity index (χ0n) is 10.9. The molecule has 0 aliphatic heterocycles. The summed E-state index contributed by atoms with van der Waals surface area (Å²) in [6.45, 7) is 8.59. The van der Waals surface area contributed by atoms with Gasteiger partial charge in [0.25, 0.3) is 0 Å². The average Bonchev–Trinajstić information content (AvgIpc) is 2.80. The molecule has 0 heterocycles. The Morgan fingerprint density at radius 1 is 1.26 bits per heavy atom. The minimum absolute atomic E-state index is 0.0594. The average molecular weight is 320 g/mol. The van der Waals surface area contributed by atoms with Crippen LogP contribution in [-0.2, 0) is 17.6 Å². The molecule has 0 radical (unpaired) electrons. The predicted octanol–water partition coefficient (Wildman–Crippen LogP) is 3.36. The van der Waals surface area contributed by atoms with Gasteiger partial charge in [-0.1, -0.05) is 34.1 Å². The first-order valence-corrected chi connectivity index (χ1v) is 7.23. The molecule has 0 saturated carbocycles. The van der Waals surface area contributed by atoms with E-state index in [2.05, 4.69) is 41.2 Å². The molecule has 2 rings (SSSR count). The van der Waals surface area contributed by atoms with Crippen LogP contribution in [0.2, 0.25) is 0 Å². The number of amides is 1. The van der Waals surface area contributed by atoms with E-state index in [1.54, 1.807) is 12.2 Å². The summed E-state index contributed by atoms with van der Waals surface area (Å²) in [7, 11) is 0. The van der Waals surface area contributed by atoms with E-state index in [0.717, 1.165) is 17.3 Å². The Labute approximate surface area is 122 Å². The number of halogens is 1. The van der Waals surface area contributed by atoms with Gasteiger partial charge in [0.15, 0.2) is 0 Å². The Morgan fingerprint density at radius 2 is 1.89 bits per heavy atom. The van der Waals surface area contributed by atoms with E-state index < -0.39 is 0 Å². The summed E-state index contributed by atoms with van der Waals surface area (Å²) >= 11 is 3.48. The molecular formula is C16H18BrNO. The largest absolute Gasteiger partial charge is 0.335 e. The summed E-state index contributed by atoms with van der Waals surface area (Å²) in [6, 6.07) is 6.27. The van der Waals surface area contributed by atoms with E-state index in [0.29, 0.717) is 13.1 Å². The summed E-state index contributed by atoms with van der Waals surface area (Å²) < 4.78 is 1.08. The summed E-state index contributed by atoms with van der Waals surface area (Å²) in [5.41, 5.74) is 2.57. The third kappa shape index (κ3) is 3.16. The van der Waals surface area contributed by atoms with Gasteiger partial charge in [0, 0.05) is 23.5 Å². The van der Waals surface area contributed by atoms with Crippen molar-refractivity contribution in [3.63, 3.8) is 0 Å². The second-order valence-corrected chi connectivity index (χ2v) is 5.75. The number of carbonyl (C=O) groups is 1. The second-order valence-electron chi connectivity index (χ2n) is 4.84. The van der Waals surface area contributed by atoms with Gasteiger partial charge in [0.1, 0.15) is 0 Å². The summed E-state index contributed by atoms with van der Waals surface area (Å²) in [5, 5.41) is 0. The van der Waals surface area contributed by atoms with Crippen LogP contribution < -0.4 is 0 Å². The lowest BCUT2D eigenvalue weighted by Crippen LogP contribution is -2.36. The number of rotatable bonds is 5. The van der Waals surface area contributed by atoms with E-state index in [4.69, 9.17) is 0 Å². The summed E-state index contributed by atoms with van der Waals surface area (Å²) in [5.74, 6) is 0.260. The van der Waals surface area contributed by atoms with Crippen molar-refractivity contribution < 1.29 is 4.79 Å². The minimum Gasteiger partial charge on any atom is -0.335 e. The maximum Gasteiger partial charge on any atom is 0.226 e. The molecule has 0 fully saturated rings. The van der Waals surface area contributed by atoms with Gasteiger partial charge in [-0.2, -0.15) is 0 Å². The number of hydrogen-bond acceptors (Lipinski definition) is 1. The van der Waals surface area contributed by atoms with Crippen LogP contribution in [0.5, 0.6) is 0 Å². The van der Waals surface area contributed by atoms with Crippen LogP contribution in [-0.4, -0.2) is 23.9 Å². The lowest BCUT2D eigenvalue weighted by atomic mass is 10.0. The first-order chi connectivity index (χ1) is 9.15. The van der Waals surface area contributed by atoms with Crippen LogP contribution in [0.4, 0.5) is 0 Å². The Morgan fingerprint density at radius 3 is 2.53 bits per heavy atom. The quantitative estimate of drug-likeness (QED) is 0.762. The zero-order chi connectivity index (χ0) is 13.8. The Hall–Kier alpha value is -1.35. The van der Waals surface area contributed by atoms with Crippen molar-refractivity contribution >= 4 is 21.8 Å². The van der Waals surface area contributed by atoms with Gasteiger partial charge in [-0.15, -0.1) is 13.2 Å². The van der Waals surface area contributed by atoms with Crippen molar-refractivity contribution in [3.05, 3.63) is 59.1 Å². The van der Waals surface area contributed by atoms with Gasteiger partial charge in [0.2, 0.25) is 5.91 Å².